The first-order chi connectivity index (χ1) is 8.95. The first kappa shape index (κ1) is 15.2. The van der Waals surface area contributed by atoms with Gasteiger partial charge < -0.3 is 20.6 Å². The van der Waals surface area contributed by atoms with Crippen molar-refractivity contribution < 1.29 is 19.5 Å². The highest BCUT2D eigenvalue weighted by Gasteiger charge is 2.27. The van der Waals surface area contributed by atoms with Crippen molar-refractivity contribution in [1.29, 1.82) is 0 Å². The fourth-order valence-electron chi connectivity index (χ4n) is 1.82. The van der Waals surface area contributed by atoms with Gasteiger partial charge in [0.15, 0.2) is 0 Å². The summed E-state index contributed by atoms with van der Waals surface area (Å²) in [6.07, 6.45) is 0. The van der Waals surface area contributed by atoms with Gasteiger partial charge >= 0.3 is 12.0 Å². The SMILES string of the molecule is CNC(=O)CNC(=O)N1CCN(C(C)C(=O)O)CC1. The van der Waals surface area contributed by atoms with Gasteiger partial charge in [-0.05, 0) is 6.92 Å². The second-order valence-corrected chi connectivity index (χ2v) is 4.37. The number of carboxylic acid groups (broad SMARTS) is 1. The molecule has 0 spiro atoms. The van der Waals surface area contributed by atoms with Crippen molar-refractivity contribution >= 4 is 17.9 Å². The molecule has 0 aromatic rings. The summed E-state index contributed by atoms with van der Waals surface area (Å²) in [5, 5.41) is 13.8. The monoisotopic (exact) mass is 272 g/mol. The number of aliphatic carboxylic acids is 1. The molecule has 0 radical (unpaired) electrons. The number of urea groups is 1. The van der Waals surface area contributed by atoms with Crippen molar-refractivity contribution in [3.05, 3.63) is 0 Å². The summed E-state index contributed by atoms with van der Waals surface area (Å²) in [6.45, 7) is 3.51. The van der Waals surface area contributed by atoms with Crippen LogP contribution in [-0.2, 0) is 9.59 Å². The molecule has 1 saturated heterocycles. The Morgan fingerprint density at radius 3 is 2.26 bits per heavy atom. The van der Waals surface area contributed by atoms with E-state index in [9.17, 15) is 14.4 Å². The Morgan fingerprint density at radius 2 is 1.79 bits per heavy atom. The Morgan fingerprint density at radius 1 is 1.21 bits per heavy atom. The first-order valence-corrected chi connectivity index (χ1v) is 6.16. The van der Waals surface area contributed by atoms with Crippen LogP contribution in [0.15, 0.2) is 0 Å². The smallest absolute Gasteiger partial charge is 0.320 e. The summed E-state index contributed by atoms with van der Waals surface area (Å²) < 4.78 is 0. The van der Waals surface area contributed by atoms with Gasteiger partial charge in [0.1, 0.15) is 6.04 Å². The van der Waals surface area contributed by atoms with Crippen LogP contribution >= 0.6 is 0 Å². The highest BCUT2D eigenvalue weighted by atomic mass is 16.4. The molecule has 1 fully saturated rings. The Bertz CT molecular complexity index is 353. The van der Waals surface area contributed by atoms with Gasteiger partial charge in [-0.1, -0.05) is 0 Å². The number of hydrogen-bond acceptors (Lipinski definition) is 4. The van der Waals surface area contributed by atoms with Crippen molar-refractivity contribution in [2.75, 3.05) is 39.8 Å². The lowest BCUT2D eigenvalue weighted by atomic mass is 10.2. The minimum Gasteiger partial charge on any atom is -0.480 e. The van der Waals surface area contributed by atoms with E-state index in [2.05, 4.69) is 10.6 Å². The second-order valence-electron chi connectivity index (χ2n) is 4.37. The molecule has 1 atom stereocenters. The minimum absolute atomic E-state index is 0.0545. The standard InChI is InChI=1S/C11H20N4O4/c1-8(10(17)18)14-3-5-15(6-4-14)11(19)13-7-9(16)12-2/h8H,3-7H2,1-2H3,(H,12,16)(H,13,19)(H,17,18). The summed E-state index contributed by atoms with van der Waals surface area (Å²) in [5.74, 6) is -1.12. The molecule has 0 aromatic heterocycles. The number of amides is 3. The van der Waals surface area contributed by atoms with E-state index in [0.717, 1.165) is 0 Å². The predicted molar refractivity (Wildman–Crippen MR) is 67.7 cm³/mol. The van der Waals surface area contributed by atoms with E-state index in [1.807, 2.05) is 4.90 Å². The third-order valence-corrected chi connectivity index (χ3v) is 3.19. The second kappa shape index (κ2) is 6.93. The molecule has 0 aromatic carbocycles. The van der Waals surface area contributed by atoms with Crippen molar-refractivity contribution in [2.24, 2.45) is 0 Å². The topological polar surface area (TPSA) is 102 Å². The number of hydrogen-bond donors (Lipinski definition) is 3. The number of rotatable bonds is 4. The van der Waals surface area contributed by atoms with Crippen LogP contribution in [0.25, 0.3) is 0 Å². The molecule has 108 valence electrons. The number of likely N-dealkylation sites (N-methyl/N-ethyl adjacent to an activating group) is 1. The van der Waals surface area contributed by atoms with Crippen LogP contribution in [0.3, 0.4) is 0 Å². The lowest BCUT2D eigenvalue weighted by molar-refractivity contribution is -0.143. The van der Waals surface area contributed by atoms with Crippen LogP contribution in [0, 0.1) is 0 Å². The molecule has 1 rings (SSSR count). The summed E-state index contributed by atoms with van der Waals surface area (Å²) in [7, 11) is 1.50. The molecule has 8 heteroatoms. The van der Waals surface area contributed by atoms with Gasteiger partial charge in [-0.2, -0.15) is 0 Å². The van der Waals surface area contributed by atoms with Crippen LogP contribution < -0.4 is 10.6 Å². The maximum Gasteiger partial charge on any atom is 0.320 e. The number of carboxylic acids is 1. The molecular weight excluding hydrogens is 252 g/mol. The number of carbonyl (C=O) groups is 3. The maximum absolute atomic E-state index is 11.7. The van der Waals surface area contributed by atoms with E-state index in [1.165, 1.54) is 7.05 Å². The Balaban J connectivity index is 2.35. The highest BCUT2D eigenvalue weighted by Crippen LogP contribution is 2.06. The van der Waals surface area contributed by atoms with E-state index in [1.54, 1.807) is 11.8 Å². The summed E-state index contributed by atoms with van der Waals surface area (Å²) >= 11 is 0. The normalized spacial score (nSPS) is 17.7. The highest BCUT2D eigenvalue weighted by molar-refractivity contribution is 5.83. The lowest BCUT2D eigenvalue weighted by Crippen LogP contribution is -2.55. The van der Waals surface area contributed by atoms with Crippen molar-refractivity contribution in [3.8, 4) is 0 Å². The number of nitrogens with zero attached hydrogens (tertiary/aromatic N) is 2. The first-order valence-electron chi connectivity index (χ1n) is 6.16. The van der Waals surface area contributed by atoms with Crippen LogP contribution in [0.5, 0.6) is 0 Å². The Kier molecular flexibility index (Phi) is 5.56. The number of piperazine rings is 1. The third-order valence-electron chi connectivity index (χ3n) is 3.19. The molecular formula is C11H20N4O4. The van der Waals surface area contributed by atoms with Gasteiger partial charge in [0, 0.05) is 33.2 Å². The van der Waals surface area contributed by atoms with E-state index in [4.69, 9.17) is 5.11 Å². The van der Waals surface area contributed by atoms with Gasteiger partial charge in [0.05, 0.1) is 6.54 Å². The van der Waals surface area contributed by atoms with Crippen LogP contribution in [0.2, 0.25) is 0 Å². The van der Waals surface area contributed by atoms with Gasteiger partial charge in [0.25, 0.3) is 0 Å². The molecule has 8 nitrogen and oxygen atoms in total. The van der Waals surface area contributed by atoms with Crippen LogP contribution in [0.4, 0.5) is 4.79 Å². The number of nitrogens with one attached hydrogen (secondary N) is 2. The van der Waals surface area contributed by atoms with Crippen LogP contribution in [0.1, 0.15) is 6.92 Å². The molecule has 1 unspecified atom stereocenters. The molecule has 1 heterocycles. The van der Waals surface area contributed by atoms with Gasteiger partial charge in [-0.3, -0.25) is 14.5 Å². The average Bonchev–Trinajstić information content (AvgIpc) is 2.43. The third kappa shape index (κ3) is 4.40. The van der Waals surface area contributed by atoms with Crippen molar-refractivity contribution in [3.63, 3.8) is 0 Å². The predicted octanol–water partition coefficient (Wildman–Crippen LogP) is -1.47. The molecule has 19 heavy (non-hydrogen) atoms. The fraction of sp³-hybridized carbons (Fsp3) is 0.727. The zero-order valence-corrected chi connectivity index (χ0v) is 11.2. The molecule has 3 amide bonds. The summed E-state index contributed by atoms with van der Waals surface area (Å²) in [4.78, 5) is 37.0. The average molecular weight is 272 g/mol. The van der Waals surface area contributed by atoms with E-state index >= 15 is 0 Å². The quantitative estimate of drug-likeness (QED) is 0.580. The molecule has 0 aliphatic carbocycles. The van der Waals surface area contributed by atoms with E-state index in [-0.39, 0.29) is 18.5 Å². The van der Waals surface area contributed by atoms with Gasteiger partial charge in [0.2, 0.25) is 5.91 Å². The van der Waals surface area contributed by atoms with Gasteiger partial charge in [-0.25, -0.2) is 4.79 Å². The van der Waals surface area contributed by atoms with Crippen LogP contribution in [-0.4, -0.2) is 78.6 Å². The summed E-state index contributed by atoms with van der Waals surface area (Å²) in [5.41, 5.74) is 0. The molecule has 0 bridgehead atoms. The Labute approximate surface area is 111 Å². The maximum atomic E-state index is 11.7. The Hall–Kier alpha value is -1.83. The van der Waals surface area contributed by atoms with E-state index in [0.29, 0.717) is 26.2 Å². The van der Waals surface area contributed by atoms with E-state index < -0.39 is 12.0 Å². The molecule has 0 saturated carbocycles. The largest absolute Gasteiger partial charge is 0.480 e. The molecule has 1 aliphatic rings. The molecule has 3 N–H and O–H groups in total. The zero-order valence-electron chi connectivity index (χ0n) is 11.2. The zero-order chi connectivity index (χ0) is 14.4. The van der Waals surface area contributed by atoms with Crippen molar-refractivity contribution in [2.45, 2.75) is 13.0 Å². The number of carbonyl (C=O) groups excluding carboxylic acids is 2. The lowest BCUT2D eigenvalue weighted by Gasteiger charge is -2.36. The summed E-state index contributed by atoms with van der Waals surface area (Å²) in [6, 6.07) is -0.845. The fourth-order valence-corrected chi connectivity index (χ4v) is 1.82. The van der Waals surface area contributed by atoms with Gasteiger partial charge in [-0.15, -0.1) is 0 Å². The van der Waals surface area contributed by atoms with Crippen molar-refractivity contribution in [1.82, 2.24) is 20.4 Å². The minimum atomic E-state index is -0.863. The molecule has 1 aliphatic heterocycles.